The fourth-order valence-electron chi connectivity index (χ4n) is 2.81. The van der Waals surface area contributed by atoms with Gasteiger partial charge in [-0.3, -0.25) is 0 Å². The average Bonchev–Trinajstić information content (AvgIpc) is 2.84. The summed E-state index contributed by atoms with van der Waals surface area (Å²) in [5.41, 5.74) is 0. The van der Waals surface area contributed by atoms with Gasteiger partial charge >= 0.3 is 0 Å². The number of unbranched alkanes of at least 4 members (excludes halogenated alkanes) is 2. The van der Waals surface area contributed by atoms with Gasteiger partial charge in [-0.15, -0.1) is 0 Å². The van der Waals surface area contributed by atoms with Gasteiger partial charge in [0.15, 0.2) is 0 Å². The molecule has 0 aliphatic carbocycles. The van der Waals surface area contributed by atoms with Crippen molar-refractivity contribution >= 4 is 0 Å². The molecule has 2 saturated heterocycles. The zero-order valence-corrected chi connectivity index (χ0v) is 10.8. The molecule has 2 aliphatic rings. The predicted molar refractivity (Wildman–Crippen MR) is 68.3 cm³/mol. The highest BCUT2D eigenvalue weighted by molar-refractivity contribution is 4.73. The number of nitrogens with zero attached hydrogens (tertiary/aromatic N) is 3. The van der Waals surface area contributed by atoms with Crippen LogP contribution in [0.3, 0.4) is 0 Å². The van der Waals surface area contributed by atoms with Gasteiger partial charge < -0.3 is 4.90 Å². The van der Waals surface area contributed by atoms with Crippen LogP contribution >= 0.6 is 0 Å². The van der Waals surface area contributed by atoms with Crippen LogP contribution in [-0.4, -0.2) is 60.7 Å². The second kappa shape index (κ2) is 6.58. The van der Waals surface area contributed by atoms with E-state index in [0.717, 1.165) is 0 Å². The van der Waals surface area contributed by atoms with Crippen molar-refractivity contribution in [1.82, 2.24) is 14.9 Å². The van der Waals surface area contributed by atoms with E-state index < -0.39 is 0 Å². The van der Waals surface area contributed by atoms with E-state index in [0.29, 0.717) is 0 Å². The Balaban J connectivity index is 1.62. The molecule has 0 radical (unpaired) electrons. The smallest absolute Gasteiger partial charge is 0.0261 e. The molecule has 0 N–H and O–H groups in total. The second-order valence-electron chi connectivity index (χ2n) is 5.16. The molecule has 2 aliphatic heterocycles. The Labute approximate surface area is 100 Å². The standard InChI is InChI=1S/C13H27N3/c1-2-3-4-7-14-10-12-16(13-11-14)15-8-5-6-9-15/h2-13H2,1H3. The van der Waals surface area contributed by atoms with Crippen LogP contribution in [0.2, 0.25) is 0 Å². The quantitative estimate of drug-likeness (QED) is 0.661. The summed E-state index contributed by atoms with van der Waals surface area (Å²) in [5.74, 6) is 0. The Hall–Kier alpha value is -0.120. The first-order chi connectivity index (χ1) is 7.90. The summed E-state index contributed by atoms with van der Waals surface area (Å²) in [7, 11) is 0. The van der Waals surface area contributed by atoms with Gasteiger partial charge in [0, 0.05) is 39.3 Å². The first kappa shape index (κ1) is 12.3. The molecule has 0 atom stereocenters. The van der Waals surface area contributed by atoms with E-state index in [1.54, 1.807) is 0 Å². The van der Waals surface area contributed by atoms with E-state index in [1.165, 1.54) is 77.9 Å². The Morgan fingerprint density at radius 3 is 2.00 bits per heavy atom. The first-order valence-electron chi connectivity index (χ1n) is 7.12. The fraction of sp³-hybridized carbons (Fsp3) is 1.00. The SMILES string of the molecule is CCCCCN1CCN(N2CCCC2)CC1. The van der Waals surface area contributed by atoms with Crippen LogP contribution in [0.5, 0.6) is 0 Å². The number of hydrogen-bond acceptors (Lipinski definition) is 3. The molecule has 0 aromatic heterocycles. The largest absolute Gasteiger partial charge is 0.301 e. The Morgan fingerprint density at radius 1 is 0.750 bits per heavy atom. The zero-order chi connectivity index (χ0) is 11.2. The van der Waals surface area contributed by atoms with E-state index in [1.807, 2.05) is 0 Å². The van der Waals surface area contributed by atoms with E-state index in [4.69, 9.17) is 0 Å². The minimum Gasteiger partial charge on any atom is -0.301 e. The lowest BCUT2D eigenvalue weighted by Gasteiger charge is -2.39. The molecule has 2 rings (SSSR count). The van der Waals surface area contributed by atoms with Gasteiger partial charge in [0.2, 0.25) is 0 Å². The van der Waals surface area contributed by atoms with Crippen LogP contribution < -0.4 is 0 Å². The van der Waals surface area contributed by atoms with Crippen molar-refractivity contribution in [2.75, 3.05) is 45.8 Å². The minimum absolute atomic E-state index is 1.26. The van der Waals surface area contributed by atoms with Gasteiger partial charge in [-0.05, 0) is 25.8 Å². The molecule has 16 heavy (non-hydrogen) atoms. The zero-order valence-electron chi connectivity index (χ0n) is 10.8. The summed E-state index contributed by atoms with van der Waals surface area (Å²) in [5, 5.41) is 5.16. The molecule has 94 valence electrons. The summed E-state index contributed by atoms with van der Waals surface area (Å²) in [4.78, 5) is 2.64. The van der Waals surface area contributed by atoms with Gasteiger partial charge in [0.25, 0.3) is 0 Å². The third kappa shape index (κ3) is 3.44. The average molecular weight is 225 g/mol. The minimum atomic E-state index is 1.26. The van der Waals surface area contributed by atoms with Crippen molar-refractivity contribution in [2.24, 2.45) is 0 Å². The normalized spacial score (nSPS) is 25.3. The van der Waals surface area contributed by atoms with Gasteiger partial charge in [0.1, 0.15) is 0 Å². The van der Waals surface area contributed by atoms with Crippen molar-refractivity contribution in [1.29, 1.82) is 0 Å². The highest BCUT2D eigenvalue weighted by Gasteiger charge is 2.23. The van der Waals surface area contributed by atoms with Crippen molar-refractivity contribution in [3.05, 3.63) is 0 Å². The Kier molecular flexibility index (Phi) is 5.07. The van der Waals surface area contributed by atoms with E-state index in [2.05, 4.69) is 21.8 Å². The fourth-order valence-corrected chi connectivity index (χ4v) is 2.81. The maximum atomic E-state index is 2.64. The predicted octanol–water partition coefficient (Wildman–Crippen LogP) is 1.81. The van der Waals surface area contributed by atoms with Crippen LogP contribution in [0, 0.1) is 0 Å². The van der Waals surface area contributed by atoms with Crippen LogP contribution in [0.4, 0.5) is 0 Å². The van der Waals surface area contributed by atoms with Gasteiger partial charge in [-0.1, -0.05) is 19.8 Å². The third-order valence-electron chi connectivity index (χ3n) is 3.91. The van der Waals surface area contributed by atoms with Crippen LogP contribution in [-0.2, 0) is 0 Å². The molecule has 0 unspecified atom stereocenters. The number of rotatable bonds is 5. The molecule has 0 saturated carbocycles. The first-order valence-corrected chi connectivity index (χ1v) is 7.12. The van der Waals surface area contributed by atoms with Gasteiger partial charge in [-0.25, -0.2) is 10.0 Å². The summed E-state index contributed by atoms with van der Waals surface area (Å²) < 4.78 is 0. The molecule has 2 fully saturated rings. The van der Waals surface area contributed by atoms with Crippen molar-refractivity contribution in [3.8, 4) is 0 Å². The molecular formula is C13H27N3. The summed E-state index contributed by atoms with van der Waals surface area (Å²) in [6, 6.07) is 0. The summed E-state index contributed by atoms with van der Waals surface area (Å²) >= 11 is 0. The van der Waals surface area contributed by atoms with Crippen molar-refractivity contribution in [2.45, 2.75) is 39.0 Å². The lowest BCUT2D eigenvalue weighted by Crippen LogP contribution is -2.52. The van der Waals surface area contributed by atoms with Crippen molar-refractivity contribution < 1.29 is 0 Å². The molecular weight excluding hydrogens is 198 g/mol. The molecule has 3 nitrogen and oxygen atoms in total. The highest BCUT2D eigenvalue weighted by Crippen LogP contribution is 2.13. The molecule has 0 amide bonds. The second-order valence-corrected chi connectivity index (χ2v) is 5.16. The van der Waals surface area contributed by atoms with Gasteiger partial charge in [-0.2, -0.15) is 0 Å². The molecule has 0 aromatic carbocycles. The van der Waals surface area contributed by atoms with Crippen LogP contribution in [0.1, 0.15) is 39.0 Å². The number of piperazine rings is 1. The maximum Gasteiger partial charge on any atom is 0.0261 e. The lowest BCUT2D eigenvalue weighted by molar-refractivity contribution is -0.0403. The number of hydrogen-bond donors (Lipinski definition) is 0. The topological polar surface area (TPSA) is 9.72 Å². The number of hydrazine groups is 1. The van der Waals surface area contributed by atoms with E-state index in [-0.39, 0.29) is 0 Å². The Morgan fingerprint density at radius 2 is 1.38 bits per heavy atom. The maximum absolute atomic E-state index is 2.64. The lowest BCUT2D eigenvalue weighted by atomic mass is 10.2. The Bertz CT molecular complexity index is 182. The highest BCUT2D eigenvalue weighted by atomic mass is 15.6. The molecule has 0 bridgehead atoms. The van der Waals surface area contributed by atoms with Crippen LogP contribution in [0.25, 0.3) is 0 Å². The van der Waals surface area contributed by atoms with E-state index in [9.17, 15) is 0 Å². The summed E-state index contributed by atoms with van der Waals surface area (Å²) in [6.07, 6.45) is 6.92. The van der Waals surface area contributed by atoms with Crippen LogP contribution in [0.15, 0.2) is 0 Å². The molecule has 2 heterocycles. The summed E-state index contributed by atoms with van der Waals surface area (Å²) in [6.45, 7) is 11.3. The van der Waals surface area contributed by atoms with E-state index >= 15 is 0 Å². The molecule has 0 aromatic rings. The third-order valence-corrected chi connectivity index (χ3v) is 3.91. The van der Waals surface area contributed by atoms with Crippen molar-refractivity contribution in [3.63, 3.8) is 0 Å². The molecule has 0 spiro atoms. The monoisotopic (exact) mass is 225 g/mol. The van der Waals surface area contributed by atoms with Gasteiger partial charge in [0.05, 0.1) is 0 Å². The molecule has 3 heteroatoms.